The molecule has 0 saturated carbocycles. The van der Waals surface area contributed by atoms with Crippen LogP contribution in [-0.2, 0) is 17.6 Å². The maximum atomic E-state index is 13.0. The van der Waals surface area contributed by atoms with Gasteiger partial charge < -0.3 is 14.2 Å². The number of hydrogen-bond donors (Lipinski definition) is 0. The summed E-state index contributed by atoms with van der Waals surface area (Å²) in [5, 5.41) is 0. The second-order valence-electron chi connectivity index (χ2n) is 8.63. The molecule has 1 aliphatic heterocycles. The smallest absolute Gasteiger partial charge is 0.222 e. The SMILES string of the molecule is CN(CC1CCN(CCc2ccc(F)cc2)CC1)C(=O)CCc1cn2ccccc2n1. The normalized spacial score (nSPS) is 15.4. The lowest BCUT2D eigenvalue weighted by Crippen LogP contribution is -2.40. The van der Waals surface area contributed by atoms with E-state index in [0.717, 1.165) is 56.8 Å². The van der Waals surface area contributed by atoms with Crippen LogP contribution >= 0.6 is 0 Å². The first kappa shape index (κ1) is 21.5. The molecule has 164 valence electrons. The minimum absolute atomic E-state index is 0.179. The summed E-state index contributed by atoms with van der Waals surface area (Å²) < 4.78 is 15.0. The minimum atomic E-state index is -0.179. The second-order valence-corrected chi connectivity index (χ2v) is 8.63. The summed E-state index contributed by atoms with van der Waals surface area (Å²) in [6.45, 7) is 3.96. The van der Waals surface area contributed by atoms with Crippen LogP contribution < -0.4 is 0 Å². The second kappa shape index (κ2) is 10.1. The molecule has 1 aromatic carbocycles. The molecule has 3 heterocycles. The van der Waals surface area contributed by atoms with Crippen LogP contribution in [0.4, 0.5) is 4.39 Å². The number of aromatic nitrogens is 2. The van der Waals surface area contributed by atoms with Gasteiger partial charge in [-0.25, -0.2) is 9.37 Å². The van der Waals surface area contributed by atoms with Gasteiger partial charge in [0.25, 0.3) is 0 Å². The van der Waals surface area contributed by atoms with E-state index in [0.29, 0.717) is 18.8 Å². The molecule has 0 N–H and O–H groups in total. The maximum Gasteiger partial charge on any atom is 0.222 e. The Morgan fingerprint density at radius 3 is 2.65 bits per heavy atom. The van der Waals surface area contributed by atoms with Crippen molar-refractivity contribution in [1.29, 1.82) is 0 Å². The molecular formula is C25H31FN4O. The van der Waals surface area contributed by atoms with Gasteiger partial charge in [-0.2, -0.15) is 0 Å². The van der Waals surface area contributed by atoms with Gasteiger partial charge in [-0.05, 0) is 74.5 Å². The number of pyridine rings is 1. The van der Waals surface area contributed by atoms with Gasteiger partial charge in [0.15, 0.2) is 0 Å². The molecule has 0 spiro atoms. The van der Waals surface area contributed by atoms with Gasteiger partial charge in [0.2, 0.25) is 5.91 Å². The Bertz CT molecular complexity index is 959. The highest BCUT2D eigenvalue weighted by molar-refractivity contribution is 5.76. The number of piperidine rings is 1. The molecule has 1 amide bonds. The van der Waals surface area contributed by atoms with Crippen LogP contribution in [0.3, 0.4) is 0 Å². The van der Waals surface area contributed by atoms with Crippen LogP contribution in [0, 0.1) is 11.7 Å². The summed E-state index contributed by atoms with van der Waals surface area (Å²) in [6, 6.07) is 12.7. The van der Waals surface area contributed by atoms with E-state index in [2.05, 4.69) is 9.88 Å². The Balaban J connectivity index is 1.16. The molecule has 1 fully saturated rings. The van der Waals surface area contributed by atoms with Crippen LogP contribution in [0.2, 0.25) is 0 Å². The number of carbonyl (C=O) groups excluding carboxylic acids is 1. The van der Waals surface area contributed by atoms with Crippen molar-refractivity contribution in [3.05, 3.63) is 71.9 Å². The fraction of sp³-hybridized carbons (Fsp3) is 0.440. The third kappa shape index (κ3) is 5.91. The van der Waals surface area contributed by atoms with Crippen molar-refractivity contribution in [2.75, 3.05) is 33.2 Å². The summed E-state index contributed by atoms with van der Waals surface area (Å²) in [5.41, 5.74) is 3.06. The van der Waals surface area contributed by atoms with Crippen LogP contribution in [0.25, 0.3) is 5.65 Å². The van der Waals surface area contributed by atoms with Gasteiger partial charge in [-0.1, -0.05) is 18.2 Å². The Morgan fingerprint density at radius 2 is 1.90 bits per heavy atom. The molecule has 0 unspecified atom stereocenters. The van der Waals surface area contributed by atoms with Crippen molar-refractivity contribution in [2.45, 2.75) is 32.1 Å². The lowest BCUT2D eigenvalue weighted by molar-refractivity contribution is -0.130. The molecule has 0 atom stereocenters. The molecule has 0 aliphatic carbocycles. The zero-order valence-electron chi connectivity index (χ0n) is 18.2. The summed E-state index contributed by atoms with van der Waals surface area (Å²) in [7, 11) is 1.92. The largest absolute Gasteiger partial charge is 0.345 e. The number of fused-ring (bicyclic) bond motifs is 1. The summed E-state index contributed by atoms with van der Waals surface area (Å²) in [4.78, 5) is 21.6. The Kier molecular flexibility index (Phi) is 6.97. The van der Waals surface area contributed by atoms with Crippen molar-refractivity contribution in [3.8, 4) is 0 Å². The highest BCUT2D eigenvalue weighted by Crippen LogP contribution is 2.19. The molecule has 3 aromatic rings. The number of aryl methyl sites for hydroxylation is 1. The minimum Gasteiger partial charge on any atom is -0.345 e. The van der Waals surface area contributed by atoms with Gasteiger partial charge in [0.1, 0.15) is 11.5 Å². The molecular weight excluding hydrogens is 391 g/mol. The number of imidazole rings is 1. The number of likely N-dealkylation sites (tertiary alicyclic amines) is 1. The Hall–Kier alpha value is -2.73. The lowest BCUT2D eigenvalue weighted by atomic mass is 9.96. The number of carbonyl (C=O) groups is 1. The van der Waals surface area contributed by atoms with E-state index in [1.54, 1.807) is 0 Å². The van der Waals surface area contributed by atoms with E-state index < -0.39 is 0 Å². The molecule has 6 heteroatoms. The predicted octanol–water partition coefficient (Wildman–Crippen LogP) is 3.82. The van der Waals surface area contributed by atoms with E-state index in [1.807, 2.05) is 59.1 Å². The van der Waals surface area contributed by atoms with Crippen LogP contribution in [0.1, 0.15) is 30.5 Å². The van der Waals surface area contributed by atoms with Gasteiger partial charge >= 0.3 is 0 Å². The van der Waals surface area contributed by atoms with Crippen LogP contribution in [0.5, 0.6) is 0 Å². The van der Waals surface area contributed by atoms with Crippen molar-refractivity contribution < 1.29 is 9.18 Å². The quantitative estimate of drug-likeness (QED) is 0.554. The van der Waals surface area contributed by atoms with Crippen LogP contribution in [0.15, 0.2) is 54.9 Å². The number of nitrogens with zero attached hydrogens (tertiary/aromatic N) is 4. The molecule has 4 rings (SSSR count). The first-order chi connectivity index (χ1) is 15.1. The average Bonchev–Trinajstić information content (AvgIpc) is 3.21. The zero-order chi connectivity index (χ0) is 21.6. The molecule has 1 saturated heterocycles. The summed E-state index contributed by atoms with van der Waals surface area (Å²) in [5.74, 6) is 0.573. The molecule has 2 aromatic heterocycles. The molecule has 5 nitrogen and oxygen atoms in total. The fourth-order valence-corrected chi connectivity index (χ4v) is 4.35. The van der Waals surface area contributed by atoms with Crippen LogP contribution in [-0.4, -0.2) is 58.3 Å². The Labute approximate surface area is 183 Å². The highest BCUT2D eigenvalue weighted by atomic mass is 19.1. The van der Waals surface area contributed by atoms with E-state index in [1.165, 1.54) is 17.7 Å². The summed E-state index contributed by atoms with van der Waals surface area (Å²) >= 11 is 0. The van der Waals surface area contributed by atoms with E-state index in [4.69, 9.17) is 0 Å². The van der Waals surface area contributed by atoms with E-state index >= 15 is 0 Å². The predicted molar refractivity (Wildman–Crippen MR) is 120 cm³/mol. The monoisotopic (exact) mass is 422 g/mol. The first-order valence-corrected chi connectivity index (χ1v) is 11.2. The van der Waals surface area contributed by atoms with Crippen molar-refractivity contribution >= 4 is 11.6 Å². The van der Waals surface area contributed by atoms with Gasteiger partial charge in [0, 0.05) is 39.0 Å². The summed E-state index contributed by atoms with van der Waals surface area (Å²) in [6.07, 6.45) is 8.34. The van der Waals surface area contributed by atoms with Crippen molar-refractivity contribution in [1.82, 2.24) is 19.2 Å². The standard InChI is InChI=1S/C25H31FN4O/c1-28(25(31)10-9-23-19-30-14-3-2-4-24(30)27-23)18-21-12-16-29(17-13-21)15-11-20-5-7-22(26)8-6-20/h2-8,14,19,21H,9-13,15-18H2,1H3. The zero-order valence-corrected chi connectivity index (χ0v) is 18.2. The molecule has 0 radical (unpaired) electrons. The lowest BCUT2D eigenvalue weighted by Gasteiger charge is -2.34. The first-order valence-electron chi connectivity index (χ1n) is 11.2. The van der Waals surface area contributed by atoms with Gasteiger partial charge in [-0.3, -0.25) is 4.79 Å². The molecule has 31 heavy (non-hydrogen) atoms. The van der Waals surface area contributed by atoms with Crippen molar-refractivity contribution in [2.24, 2.45) is 5.92 Å². The topological polar surface area (TPSA) is 40.9 Å². The third-order valence-electron chi connectivity index (χ3n) is 6.30. The molecule has 0 bridgehead atoms. The molecule has 1 aliphatic rings. The van der Waals surface area contributed by atoms with Gasteiger partial charge in [0.05, 0.1) is 5.69 Å². The number of rotatable bonds is 8. The van der Waals surface area contributed by atoms with Gasteiger partial charge in [-0.15, -0.1) is 0 Å². The number of benzene rings is 1. The number of amides is 1. The fourth-order valence-electron chi connectivity index (χ4n) is 4.35. The van der Waals surface area contributed by atoms with Crippen molar-refractivity contribution in [3.63, 3.8) is 0 Å². The van der Waals surface area contributed by atoms with E-state index in [-0.39, 0.29) is 11.7 Å². The van der Waals surface area contributed by atoms with E-state index in [9.17, 15) is 9.18 Å². The Morgan fingerprint density at radius 1 is 1.13 bits per heavy atom. The third-order valence-corrected chi connectivity index (χ3v) is 6.30. The number of hydrogen-bond acceptors (Lipinski definition) is 3. The maximum absolute atomic E-state index is 13.0. The average molecular weight is 423 g/mol. The number of halogens is 1. The highest BCUT2D eigenvalue weighted by Gasteiger charge is 2.22.